The average Bonchev–Trinajstić information content (AvgIpc) is 2.70. The van der Waals surface area contributed by atoms with Crippen molar-refractivity contribution in [2.45, 2.75) is 34.1 Å². The molecule has 0 saturated heterocycles. The Morgan fingerprint density at radius 1 is 1.26 bits per heavy atom. The number of aromatic nitrogens is 2. The number of ketones is 1. The minimum Gasteiger partial charge on any atom is -0.466 e. The molecular formula is C14H17ClN2O2. The smallest absolute Gasteiger partial charge is 0.172 e. The van der Waals surface area contributed by atoms with E-state index in [-0.39, 0.29) is 12.2 Å². The molecule has 0 amide bonds. The van der Waals surface area contributed by atoms with Crippen LogP contribution in [0.15, 0.2) is 4.42 Å². The summed E-state index contributed by atoms with van der Waals surface area (Å²) in [6.07, 6.45) is 0.233. The largest absolute Gasteiger partial charge is 0.466 e. The highest BCUT2D eigenvalue weighted by molar-refractivity contribution is 6.32. The maximum atomic E-state index is 12.4. The molecule has 0 aliphatic carbocycles. The Labute approximate surface area is 117 Å². The summed E-state index contributed by atoms with van der Waals surface area (Å²) in [5.41, 5.74) is 3.04. The third kappa shape index (κ3) is 2.32. The lowest BCUT2D eigenvalue weighted by Crippen LogP contribution is -2.09. The second-order valence-electron chi connectivity index (χ2n) is 4.78. The maximum Gasteiger partial charge on any atom is 0.172 e. The SMILES string of the molecule is Cc1nn(C)c(CC(=O)c2c(C)oc(C)c2C)c1Cl. The third-order valence-corrected chi connectivity index (χ3v) is 3.92. The second kappa shape index (κ2) is 4.85. The molecule has 5 heteroatoms. The van der Waals surface area contributed by atoms with Crippen molar-refractivity contribution in [2.75, 3.05) is 0 Å². The number of carbonyl (C=O) groups excluding carboxylic acids is 1. The number of hydrogen-bond donors (Lipinski definition) is 0. The summed E-state index contributed by atoms with van der Waals surface area (Å²) in [4.78, 5) is 12.4. The van der Waals surface area contributed by atoms with E-state index in [1.54, 1.807) is 11.7 Å². The van der Waals surface area contributed by atoms with Crippen molar-refractivity contribution in [3.63, 3.8) is 0 Å². The van der Waals surface area contributed by atoms with Crippen LogP contribution >= 0.6 is 11.6 Å². The van der Waals surface area contributed by atoms with E-state index in [1.807, 2.05) is 27.7 Å². The van der Waals surface area contributed by atoms with E-state index >= 15 is 0 Å². The van der Waals surface area contributed by atoms with E-state index in [0.717, 1.165) is 22.7 Å². The first-order valence-corrected chi connectivity index (χ1v) is 6.48. The number of nitrogens with zero attached hydrogens (tertiary/aromatic N) is 2. The highest BCUT2D eigenvalue weighted by Gasteiger charge is 2.22. The number of Topliss-reactive ketones (excluding diaryl/α,β-unsaturated/α-hetero) is 1. The van der Waals surface area contributed by atoms with Crippen LogP contribution in [-0.2, 0) is 13.5 Å². The van der Waals surface area contributed by atoms with Crippen LogP contribution in [0, 0.1) is 27.7 Å². The molecule has 102 valence electrons. The van der Waals surface area contributed by atoms with Gasteiger partial charge in [0, 0.05) is 12.6 Å². The van der Waals surface area contributed by atoms with Crippen LogP contribution in [0.25, 0.3) is 0 Å². The number of halogens is 1. The lowest BCUT2D eigenvalue weighted by atomic mass is 10.0. The van der Waals surface area contributed by atoms with Crippen LogP contribution < -0.4 is 0 Å². The Bertz CT molecular complexity index is 653. The highest BCUT2D eigenvalue weighted by Crippen LogP contribution is 2.25. The van der Waals surface area contributed by atoms with Gasteiger partial charge in [0.25, 0.3) is 0 Å². The number of furan rings is 1. The normalized spacial score (nSPS) is 11.1. The Hall–Kier alpha value is -1.55. The summed E-state index contributed by atoms with van der Waals surface area (Å²) in [7, 11) is 1.79. The first-order valence-electron chi connectivity index (χ1n) is 6.10. The number of hydrogen-bond acceptors (Lipinski definition) is 3. The van der Waals surface area contributed by atoms with E-state index in [0.29, 0.717) is 16.3 Å². The Morgan fingerprint density at radius 2 is 1.89 bits per heavy atom. The van der Waals surface area contributed by atoms with Crippen LogP contribution in [0.2, 0.25) is 5.02 Å². The zero-order valence-electron chi connectivity index (χ0n) is 11.8. The summed E-state index contributed by atoms with van der Waals surface area (Å²) >= 11 is 6.17. The minimum absolute atomic E-state index is 0.0109. The van der Waals surface area contributed by atoms with Crippen LogP contribution in [0.4, 0.5) is 0 Å². The monoisotopic (exact) mass is 280 g/mol. The molecule has 0 unspecified atom stereocenters. The summed E-state index contributed by atoms with van der Waals surface area (Å²) in [5, 5.41) is 4.78. The van der Waals surface area contributed by atoms with Crippen LogP contribution in [0.5, 0.6) is 0 Å². The minimum atomic E-state index is 0.0109. The van der Waals surface area contributed by atoms with E-state index in [4.69, 9.17) is 16.0 Å². The fraction of sp³-hybridized carbons (Fsp3) is 0.429. The van der Waals surface area contributed by atoms with Gasteiger partial charge in [-0.1, -0.05) is 11.6 Å². The first-order chi connectivity index (χ1) is 8.82. The Kier molecular flexibility index (Phi) is 3.54. The molecule has 2 rings (SSSR count). The van der Waals surface area contributed by atoms with Gasteiger partial charge in [-0.25, -0.2) is 0 Å². The van der Waals surface area contributed by atoms with Crippen molar-refractivity contribution >= 4 is 17.4 Å². The molecule has 0 fully saturated rings. The lowest BCUT2D eigenvalue weighted by molar-refractivity contribution is 0.0989. The van der Waals surface area contributed by atoms with Crippen molar-refractivity contribution in [3.8, 4) is 0 Å². The van der Waals surface area contributed by atoms with E-state index in [1.165, 1.54) is 0 Å². The molecule has 0 atom stereocenters. The standard InChI is InChI=1S/C14H17ClN2O2/c1-7-9(3)19-10(4)13(7)12(18)6-11-14(15)8(2)16-17(11)5/h6H2,1-5H3. The van der Waals surface area contributed by atoms with Crippen LogP contribution in [-0.4, -0.2) is 15.6 Å². The third-order valence-electron chi connectivity index (χ3n) is 3.43. The molecule has 4 nitrogen and oxygen atoms in total. The van der Waals surface area contributed by atoms with Crippen molar-refractivity contribution in [3.05, 3.63) is 39.1 Å². The molecule has 0 bridgehead atoms. The van der Waals surface area contributed by atoms with Gasteiger partial charge in [0.15, 0.2) is 5.78 Å². The zero-order valence-corrected chi connectivity index (χ0v) is 12.6. The predicted octanol–water partition coefficient (Wildman–Crippen LogP) is 3.33. The van der Waals surface area contributed by atoms with Crippen LogP contribution in [0.1, 0.15) is 38.8 Å². The van der Waals surface area contributed by atoms with Gasteiger partial charge in [0.1, 0.15) is 11.5 Å². The number of rotatable bonds is 3. The highest BCUT2D eigenvalue weighted by atomic mass is 35.5. The van der Waals surface area contributed by atoms with Crippen molar-refractivity contribution in [2.24, 2.45) is 7.05 Å². The van der Waals surface area contributed by atoms with Crippen molar-refractivity contribution < 1.29 is 9.21 Å². The van der Waals surface area contributed by atoms with Gasteiger partial charge >= 0.3 is 0 Å². The Balaban J connectivity index is 2.36. The van der Waals surface area contributed by atoms with E-state index in [2.05, 4.69) is 5.10 Å². The van der Waals surface area contributed by atoms with E-state index < -0.39 is 0 Å². The summed E-state index contributed by atoms with van der Waals surface area (Å²) in [6.45, 7) is 7.40. The van der Waals surface area contributed by atoms with Gasteiger partial charge in [0.2, 0.25) is 0 Å². The van der Waals surface area contributed by atoms with E-state index in [9.17, 15) is 4.79 Å². The lowest BCUT2D eigenvalue weighted by Gasteiger charge is -2.03. The van der Waals surface area contributed by atoms with Gasteiger partial charge in [-0.05, 0) is 27.7 Å². The zero-order chi connectivity index (χ0) is 14.3. The van der Waals surface area contributed by atoms with Gasteiger partial charge in [0.05, 0.1) is 28.4 Å². The number of carbonyl (C=O) groups is 1. The van der Waals surface area contributed by atoms with Gasteiger partial charge in [-0.2, -0.15) is 5.10 Å². The molecule has 0 N–H and O–H groups in total. The molecule has 0 aliphatic heterocycles. The predicted molar refractivity (Wildman–Crippen MR) is 73.9 cm³/mol. The first kappa shape index (κ1) is 13.9. The van der Waals surface area contributed by atoms with Gasteiger partial charge < -0.3 is 4.42 Å². The molecule has 0 spiro atoms. The topological polar surface area (TPSA) is 48.0 Å². The maximum absolute atomic E-state index is 12.4. The summed E-state index contributed by atoms with van der Waals surface area (Å²) < 4.78 is 7.15. The molecule has 2 aromatic rings. The van der Waals surface area contributed by atoms with Gasteiger partial charge in [-0.3, -0.25) is 9.48 Å². The quantitative estimate of drug-likeness (QED) is 0.810. The fourth-order valence-corrected chi connectivity index (χ4v) is 2.54. The average molecular weight is 281 g/mol. The van der Waals surface area contributed by atoms with Crippen molar-refractivity contribution in [1.82, 2.24) is 9.78 Å². The number of aryl methyl sites for hydroxylation is 4. The summed E-state index contributed by atoms with van der Waals surface area (Å²) in [5.74, 6) is 1.46. The van der Waals surface area contributed by atoms with Crippen molar-refractivity contribution in [1.29, 1.82) is 0 Å². The molecule has 0 saturated carbocycles. The Morgan fingerprint density at radius 3 is 2.32 bits per heavy atom. The molecule has 0 aliphatic rings. The molecular weight excluding hydrogens is 264 g/mol. The molecule has 2 aromatic heterocycles. The summed E-state index contributed by atoms with van der Waals surface area (Å²) in [6, 6.07) is 0. The fourth-order valence-electron chi connectivity index (χ4n) is 2.32. The molecule has 0 radical (unpaired) electrons. The second-order valence-corrected chi connectivity index (χ2v) is 5.16. The van der Waals surface area contributed by atoms with Gasteiger partial charge in [-0.15, -0.1) is 0 Å². The van der Waals surface area contributed by atoms with Crippen LogP contribution in [0.3, 0.4) is 0 Å². The molecule has 0 aromatic carbocycles. The molecule has 2 heterocycles. The molecule has 19 heavy (non-hydrogen) atoms.